The van der Waals surface area contributed by atoms with E-state index in [-0.39, 0.29) is 21.7 Å². The molecule has 0 aliphatic heterocycles. The predicted molar refractivity (Wildman–Crippen MR) is 115 cm³/mol. The molecule has 0 spiro atoms. The Hall–Kier alpha value is -3.12. The Bertz CT molecular complexity index is 1550. The van der Waals surface area contributed by atoms with Crippen molar-refractivity contribution >= 4 is 48.5 Å². The maximum atomic E-state index is 12.8. The Morgan fingerprint density at radius 3 is 2.74 bits per heavy atom. The first kappa shape index (κ1) is 21.1. The molecule has 0 aliphatic carbocycles. The Morgan fingerprint density at radius 2 is 2.00 bits per heavy atom. The summed E-state index contributed by atoms with van der Waals surface area (Å²) in [5.74, 6) is -0.920. The van der Waals surface area contributed by atoms with Crippen molar-refractivity contribution in [3.63, 3.8) is 0 Å². The number of carbonyl (C=O) groups is 1. The molecule has 0 bridgehead atoms. The summed E-state index contributed by atoms with van der Waals surface area (Å²) in [6, 6.07) is 12.1. The van der Waals surface area contributed by atoms with E-state index in [0.29, 0.717) is 33.6 Å². The lowest BCUT2D eigenvalue weighted by atomic mass is 10.2. The van der Waals surface area contributed by atoms with Crippen molar-refractivity contribution in [1.29, 1.82) is 0 Å². The highest BCUT2D eigenvalue weighted by atomic mass is 32.2. The van der Waals surface area contributed by atoms with Gasteiger partial charge in [0, 0.05) is 19.7 Å². The van der Waals surface area contributed by atoms with Gasteiger partial charge in [0.05, 0.1) is 27.1 Å². The van der Waals surface area contributed by atoms with Gasteiger partial charge in [0.15, 0.2) is 16.0 Å². The number of sulfonamides is 1. The van der Waals surface area contributed by atoms with Gasteiger partial charge >= 0.3 is 5.91 Å². The van der Waals surface area contributed by atoms with Gasteiger partial charge in [0.2, 0.25) is 10.0 Å². The van der Waals surface area contributed by atoms with Crippen molar-refractivity contribution in [3.8, 4) is 0 Å². The molecule has 4 aromatic rings. The summed E-state index contributed by atoms with van der Waals surface area (Å²) >= 11 is 1.12. The normalized spacial score (nSPS) is 12.6. The maximum Gasteiger partial charge on any atom is 0.315 e. The second kappa shape index (κ2) is 8.19. The van der Waals surface area contributed by atoms with E-state index >= 15 is 0 Å². The number of primary sulfonamides is 1. The lowest BCUT2D eigenvalue weighted by molar-refractivity contribution is 0.0971. The molecule has 2 aromatic heterocycles. The number of para-hydroxylation sites is 1. The highest BCUT2D eigenvalue weighted by Crippen LogP contribution is 2.21. The van der Waals surface area contributed by atoms with Crippen LogP contribution in [0.25, 0.3) is 21.2 Å². The number of methoxy groups -OCH3 is 1. The molecular weight excluding hydrogens is 442 g/mol. The van der Waals surface area contributed by atoms with E-state index in [1.807, 2.05) is 0 Å². The van der Waals surface area contributed by atoms with Gasteiger partial charge in [-0.2, -0.15) is 4.99 Å². The van der Waals surface area contributed by atoms with E-state index in [4.69, 9.17) is 14.3 Å². The molecule has 9 nitrogen and oxygen atoms in total. The lowest BCUT2D eigenvalue weighted by Gasteiger charge is -2.05. The van der Waals surface area contributed by atoms with Crippen LogP contribution in [0, 0.1) is 0 Å². The van der Waals surface area contributed by atoms with Crippen LogP contribution in [0.1, 0.15) is 10.6 Å². The number of rotatable bonds is 5. The SMILES string of the molecule is COCCn1c(=NC(=O)c2cc(=O)c3ccccc3o2)sc2cc(S(N)(=O)=O)ccc21. The van der Waals surface area contributed by atoms with E-state index in [0.717, 1.165) is 17.4 Å². The fraction of sp³-hybridized carbons (Fsp3) is 0.150. The van der Waals surface area contributed by atoms with E-state index in [2.05, 4.69) is 4.99 Å². The van der Waals surface area contributed by atoms with Crippen LogP contribution in [-0.2, 0) is 21.3 Å². The number of aromatic nitrogens is 1. The summed E-state index contributed by atoms with van der Waals surface area (Å²) in [6.45, 7) is 0.716. The molecule has 0 radical (unpaired) electrons. The Labute approximate surface area is 180 Å². The van der Waals surface area contributed by atoms with Crippen molar-refractivity contribution in [2.45, 2.75) is 11.4 Å². The van der Waals surface area contributed by atoms with Gasteiger partial charge in [0.1, 0.15) is 5.58 Å². The van der Waals surface area contributed by atoms with Crippen molar-refractivity contribution in [2.75, 3.05) is 13.7 Å². The van der Waals surface area contributed by atoms with Gasteiger partial charge < -0.3 is 13.7 Å². The highest BCUT2D eigenvalue weighted by molar-refractivity contribution is 7.89. The second-order valence-corrected chi connectivity index (χ2v) is 9.16. The van der Waals surface area contributed by atoms with Gasteiger partial charge in [0.25, 0.3) is 0 Å². The van der Waals surface area contributed by atoms with Crippen LogP contribution >= 0.6 is 11.3 Å². The summed E-state index contributed by atoms with van der Waals surface area (Å²) < 4.78 is 36.4. The van der Waals surface area contributed by atoms with Crippen molar-refractivity contribution in [3.05, 3.63) is 69.3 Å². The number of amides is 1. The number of nitrogens with zero attached hydrogens (tertiary/aromatic N) is 2. The number of benzene rings is 2. The van der Waals surface area contributed by atoms with Gasteiger partial charge in [-0.05, 0) is 30.3 Å². The third kappa shape index (κ3) is 4.21. The first-order valence-electron chi connectivity index (χ1n) is 9.05. The van der Waals surface area contributed by atoms with Crippen molar-refractivity contribution in [1.82, 2.24) is 4.57 Å². The number of nitrogens with two attached hydrogens (primary N) is 1. The van der Waals surface area contributed by atoms with E-state index in [9.17, 15) is 18.0 Å². The standard InChI is InChI=1S/C20H17N3O6S2/c1-28-9-8-23-14-7-6-12(31(21,26)27)10-18(14)30-20(23)22-19(25)17-11-15(24)13-4-2-3-5-16(13)29-17/h2-7,10-11H,8-9H2,1H3,(H2,21,26,27). The molecule has 4 rings (SSSR count). The molecule has 2 aromatic carbocycles. The van der Waals surface area contributed by atoms with E-state index < -0.39 is 15.9 Å². The van der Waals surface area contributed by atoms with Gasteiger partial charge in [-0.25, -0.2) is 13.6 Å². The average molecular weight is 460 g/mol. The Morgan fingerprint density at radius 1 is 1.23 bits per heavy atom. The third-order valence-corrected chi connectivity index (χ3v) is 6.50. The predicted octanol–water partition coefficient (Wildman–Crippen LogP) is 1.84. The molecule has 0 unspecified atom stereocenters. The summed E-state index contributed by atoms with van der Waals surface area (Å²) in [5.41, 5.74) is 0.609. The fourth-order valence-electron chi connectivity index (χ4n) is 3.07. The zero-order valence-electron chi connectivity index (χ0n) is 16.3. The summed E-state index contributed by atoms with van der Waals surface area (Å²) in [7, 11) is -2.34. The zero-order valence-corrected chi connectivity index (χ0v) is 17.9. The van der Waals surface area contributed by atoms with Crippen LogP contribution in [0.4, 0.5) is 0 Å². The third-order valence-electron chi connectivity index (χ3n) is 4.54. The molecular formula is C20H17N3O6S2. The molecule has 0 saturated carbocycles. The number of fused-ring (bicyclic) bond motifs is 2. The summed E-state index contributed by atoms with van der Waals surface area (Å²) in [6.07, 6.45) is 0. The van der Waals surface area contributed by atoms with Crippen LogP contribution < -0.4 is 15.4 Å². The number of hydrogen-bond acceptors (Lipinski definition) is 7. The van der Waals surface area contributed by atoms with Crippen LogP contribution in [0.2, 0.25) is 0 Å². The summed E-state index contributed by atoms with van der Waals surface area (Å²) in [4.78, 5) is 29.5. The van der Waals surface area contributed by atoms with Crippen LogP contribution in [-0.4, -0.2) is 32.6 Å². The van der Waals surface area contributed by atoms with Gasteiger partial charge in [-0.1, -0.05) is 23.5 Å². The van der Waals surface area contributed by atoms with Crippen LogP contribution in [0.5, 0.6) is 0 Å². The molecule has 2 N–H and O–H groups in total. The van der Waals surface area contributed by atoms with Crippen molar-refractivity contribution in [2.24, 2.45) is 10.1 Å². The molecule has 160 valence electrons. The molecule has 31 heavy (non-hydrogen) atoms. The molecule has 1 amide bonds. The van der Waals surface area contributed by atoms with Gasteiger partial charge in [-0.15, -0.1) is 0 Å². The minimum atomic E-state index is -3.88. The van der Waals surface area contributed by atoms with Gasteiger partial charge in [-0.3, -0.25) is 9.59 Å². The topological polar surface area (TPSA) is 134 Å². The first-order valence-corrected chi connectivity index (χ1v) is 11.4. The number of ether oxygens (including phenoxy) is 1. The minimum Gasteiger partial charge on any atom is -0.451 e. The smallest absolute Gasteiger partial charge is 0.315 e. The molecule has 0 saturated heterocycles. The summed E-state index contributed by atoms with van der Waals surface area (Å²) in [5, 5.41) is 5.59. The largest absolute Gasteiger partial charge is 0.451 e. The Balaban J connectivity index is 1.87. The molecule has 2 heterocycles. The van der Waals surface area contributed by atoms with E-state index in [1.165, 1.54) is 12.1 Å². The molecule has 0 atom stereocenters. The average Bonchev–Trinajstić information content (AvgIpc) is 3.07. The molecule has 0 aliphatic rings. The van der Waals surface area contributed by atoms with Crippen LogP contribution in [0.15, 0.2) is 67.6 Å². The lowest BCUT2D eigenvalue weighted by Crippen LogP contribution is -2.19. The Kier molecular flexibility index (Phi) is 5.58. The van der Waals surface area contributed by atoms with Crippen LogP contribution in [0.3, 0.4) is 0 Å². The number of hydrogen-bond donors (Lipinski definition) is 1. The maximum absolute atomic E-state index is 12.8. The first-order chi connectivity index (χ1) is 14.8. The number of thiazole rings is 1. The molecule has 11 heteroatoms. The van der Waals surface area contributed by atoms with Crippen molar-refractivity contribution < 1.29 is 22.4 Å². The minimum absolute atomic E-state index is 0.0430. The second-order valence-electron chi connectivity index (χ2n) is 6.59. The van der Waals surface area contributed by atoms with E-state index in [1.54, 1.807) is 42.0 Å². The highest BCUT2D eigenvalue weighted by Gasteiger charge is 2.15. The fourth-order valence-corrected chi connectivity index (χ4v) is 4.77. The number of carbonyl (C=O) groups excluding carboxylic acids is 1. The quantitative estimate of drug-likeness (QED) is 0.484. The zero-order chi connectivity index (χ0) is 22.2. The monoisotopic (exact) mass is 459 g/mol. The molecule has 0 fully saturated rings.